The Morgan fingerprint density at radius 3 is 2.07 bits per heavy atom. The Morgan fingerprint density at radius 1 is 1.36 bits per heavy atom. The molecule has 0 heterocycles. The zero-order valence-electron chi connectivity index (χ0n) is 9.76. The quantitative estimate of drug-likeness (QED) is 0.479. The Hall–Kier alpha value is -0.890. The zero-order valence-corrected chi connectivity index (χ0v) is 9.76. The minimum atomic E-state index is -0.477. The molecule has 2 heteroatoms. The Morgan fingerprint density at radius 2 is 1.79 bits per heavy atom. The van der Waals surface area contributed by atoms with Crippen molar-refractivity contribution in [1.29, 1.82) is 0 Å². The van der Waals surface area contributed by atoms with Crippen molar-refractivity contribution in [2.24, 2.45) is 0 Å². The molecule has 0 fully saturated rings. The molecule has 0 aliphatic heterocycles. The van der Waals surface area contributed by atoms with E-state index in [0.29, 0.717) is 5.57 Å². The van der Waals surface area contributed by atoms with Crippen LogP contribution in [-0.4, -0.2) is 29.3 Å². The molecule has 0 aromatic rings. The number of carbonyl (C=O) groups excluding carboxylic acids is 1. The van der Waals surface area contributed by atoms with Crippen molar-refractivity contribution < 1.29 is 4.79 Å². The Balaban J connectivity index is 4.83. The largest absolute Gasteiger partial charge is 0.292 e. The molecule has 0 aromatic heterocycles. The van der Waals surface area contributed by atoms with Crippen LogP contribution in [0.15, 0.2) is 24.8 Å². The second-order valence-corrected chi connectivity index (χ2v) is 3.79. The molecular weight excluding hydrogens is 174 g/mol. The van der Waals surface area contributed by atoms with E-state index in [4.69, 9.17) is 0 Å². The van der Waals surface area contributed by atoms with Gasteiger partial charge >= 0.3 is 0 Å². The van der Waals surface area contributed by atoms with Crippen LogP contribution >= 0.6 is 0 Å². The number of hydrogen-bond donors (Lipinski definition) is 0. The molecule has 0 atom stereocenters. The lowest BCUT2D eigenvalue weighted by Crippen LogP contribution is -2.50. The molecule has 0 amide bonds. The van der Waals surface area contributed by atoms with Crippen LogP contribution in [-0.2, 0) is 4.79 Å². The monoisotopic (exact) mass is 195 g/mol. The molecule has 0 radical (unpaired) electrons. The molecule has 0 aliphatic carbocycles. The molecule has 0 rings (SSSR count). The molecule has 0 bridgehead atoms. The molecule has 0 aliphatic rings. The summed E-state index contributed by atoms with van der Waals surface area (Å²) in [6.45, 7) is 16.9. The van der Waals surface area contributed by atoms with Crippen molar-refractivity contribution >= 4 is 5.78 Å². The number of rotatable bonds is 6. The average Bonchev–Trinajstić information content (AvgIpc) is 2.16. The maximum atomic E-state index is 11.9. The summed E-state index contributed by atoms with van der Waals surface area (Å²) in [6, 6.07) is 0. The van der Waals surface area contributed by atoms with E-state index in [-0.39, 0.29) is 5.78 Å². The highest BCUT2D eigenvalue weighted by Gasteiger charge is 2.32. The van der Waals surface area contributed by atoms with E-state index in [1.807, 2.05) is 13.8 Å². The van der Waals surface area contributed by atoms with Crippen molar-refractivity contribution in [2.75, 3.05) is 13.1 Å². The maximum absolute atomic E-state index is 11.9. The van der Waals surface area contributed by atoms with Gasteiger partial charge in [-0.05, 0) is 26.9 Å². The number of carbonyl (C=O) groups is 1. The number of ketones is 1. The van der Waals surface area contributed by atoms with Crippen LogP contribution in [0.4, 0.5) is 0 Å². The second kappa shape index (κ2) is 5.11. The minimum Gasteiger partial charge on any atom is -0.292 e. The molecule has 0 saturated carbocycles. The number of likely N-dealkylation sites (N-methyl/N-ethyl adjacent to an activating group) is 1. The number of hydrogen-bond acceptors (Lipinski definition) is 2. The SMILES string of the molecule is C=CC(=C)C(=O)C(C)(C)N(CC)CC. The topological polar surface area (TPSA) is 20.3 Å². The lowest BCUT2D eigenvalue weighted by molar-refractivity contribution is -0.125. The molecule has 2 nitrogen and oxygen atoms in total. The average molecular weight is 195 g/mol. The molecule has 0 N–H and O–H groups in total. The summed E-state index contributed by atoms with van der Waals surface area (Å²) in [5.41, 5.74) is 0.0105. The van der Waals surface area contributed by atoms with Crippen LogP contribution in [0.2, 0.25) is 0 Å². The highest BCUT2D eigenvalue weighted by molar-refractivity contribution is 6.03. The van der Waals surface area contributed by atoms with Gasteiger partial charge in [0, 0.05) is 5.57 Å². The van der Waals surface area contributed by atoms with Gasteiger partial charge in [-0.2, -0.15) is 0 Å². The summed E-state index contributed by atoms with van der Waals surface area (Å²) in [4.78, 5) is 14.1. The Bertz CT molecular complexity index is 237. The van der Waals surface area contributed by atoms with Gasteiger partial charge in [0.2, 0.25) is 0 Å². The summed E-state index contributed by atoms with van der Waals surface area (Å²) in [6.07, 6.45) is 1.52. The molecular formula is C12H21NO. The summed E-state index contributed by atoms with van der Waals surface area (Å²) in [7, 11) is 0. The fourth-order valence-electron chi connectivity index (χ4n) is 1.64. The minimum absolute atomic E-state index is 0.0520. The fourth-order valence-corrected chi connectivity index (χ4v) is 1.64. The van der Waals surface area contributed by atoms with Crippen LogP contribution in [0.1, 0.15) is 27.7 Å². The van der Waals surface area contributed by atoms with Gasteiger partial charge in [0.05, 0.1) is 5.54 Å². The van der Waals surface area contributed by atoms with E-state index in [2.05, 4.69) is 31.9 Å². The molecule has 0 aromatic carbocycles. The van der Waals surface area contributed by atoms with Crippen molar-refractivity contribution in [3.8, 4) is 0 Å². The number of Topliss-reactive ketones (excluding diaryl/α,β-unsaturated/α-hetero) is 1. The Kier molecular flexibility index (Phi) is 4.78. The fraction of sp³-hybridized carbons (Fsp3) is 0.583. The number of nitrogens with zero attached hydrogens (tertiary/aromatic N) is 1. The normalized spacial score (nSPS) is 11.5. The summed E-state index contributed by atoms with van der Waals surface area (Å²) in [5, 5.41) is 0. The first-order chi connectivity index (χ1) is 6.41. The number of allylic oxidation sites excluding steroid dienone is 1. The van der Waals surface area contributed by atoms with Gasteiger partial charge in [-0.15, -0.1) is 0 Å². The van der Waals surface area contributed by atoms with E-state index < -0.39 is 5.54 Å². The van der Waals surface area contributed by atoms with Gasteiger partial charge in [0.15, 0.2) is 5.78 Å². The predicted octanol–water partition coefficient (Wildman–Crippen LogP) is 2.42. The van der Waals surface area contributed by atoms with Crippen LogP contribution in [0, 0.1) is 0 Å². The van der Waals surface area contributed by atoms with Crippen molar-refractivity contribution in [2.45, 2.75) is 33.2 Å². The third kappa shape index (κ3) is 2.55. The van der Waals surface area contributed by atoms with Crippen LogP contribution in [0.3, 0.4) is 0 Å². The third-order valence-corrected chi connectivity index (χ3v) is 2.65. The molecule has 0 unspecified atom stereocenters. The van der Waals surface area contributed by atoms with E-state index in [0.717, 1.165) is 13.1 Å². The molecule has 14 heavy (non-hydrogen) atoms. The van der Waals surface area contributed by atoms with E-state index in [1.54, 1.807) is 0 Å². The van der Waals surface area contributed by atoms with Gasteiger partial charge in [0.1, 0.15) is 0 Å². The predicted molar refractivity (Wildman–Crippen MR) is 61.3 cm³/mol. The van der Waals surface area contributed by atoms with Crippen LogP contribution < -0.4 is 0 Å². The van der Waals surface area contributed by atoms with Gasteiger partial charge in [-0.3, -0.25) is 9.69 Å². The first kappa shape index (κ1) is 13.1. The lowest BCUT2D eigenvalue weighted by Gasteiger charge is -2.35. The highest BCUT2D eigenvalue weighted by Crippen LogP contribution is 2.19. The van der Waals surface area contributed by atoms with Crippen LogP contribution in [0.5, 0.6) is 0 Å². The first-order valence-corrected chi connectivity index (χ1v) is 5.02. The van der Waals surface area contributed by atoms with Gasteiger partial charge in [-0.1, -0.05) is 33.1 Å². The Labute approximate surface area is 87.3 Å². The van der Waals surface area contributed by atoms with Crippen molar-refractivity contribution in [1.82, 2.24) is 4.90 Å². The smallest absolute Gasteiger partial charge is 0.181 e. The zero-order chi connectivity index (χ0) is 11.4. The van der Waals surface area contributed by atoms with E-state index in [1.165, 1.54) is 6.08 Å². The van der Waals surface area contributed by atoms with E-state index >= 15 is 0 Å². The molecule has 0 saturated heterocycles. The standard InChI is InChI=1S/C12H21NO/c1-7-10(4)11(14)12(5,6)13(8-2)9-3/h7H,1,4,8-9H2,2-3,5-6H3. The van der Waals surface area contributed by atoms with Crippen LogP contribution in [0.25, 0.3) is 0 Å². The van der Waals surface area contributed by atoms with Gasteiger partial charge < -0.3 is 0 Å². The van der Waals surface area contributed by atoms with E-state index in [9.17, 15) is 4.79 Å². The third-order valence-electron chi connectivity index (χ3n) is 2.65. The summed E-state index contributed by atoms with van der Waals surface area (Å²) >= 11 is 0. The molecule has 0 spiro atoms. The van der Waals surface area contributed by atoms with Gasteiger partial charge in [-0.25, -0.2) is 0 Å². The lowest BCUT2D eigenvalue weighted by atomic mass is 9.91. The summed E-state index contributed by atoms with van der Waals surface area (Å²) in [5.74, 6) is 0.0520. The maximum Gasteiger partial charge on any atom is 0.181 e. The molecule has 80 valence electrons. The first-order valence-electron chi connectivity index (χ1n) is 5.02. The highest BCUT2D eigenvalue weighted by atomic mass is 16.1. The van der Waals surface area contributed by atoms with Gasteiger partial charge in [0.25, 0.3) is 0 Å². The van der Waals surface area contributed by atoms with Crippen molar-refractivity contribution in [3.63, 3.8) is 0 Å². The summed E-state index contributed by atoms with van der Waals surface area (Å²) < 4.78 is 0. The second-order valence-electron chi connectivity index (χ2n) is 3.79. The van der Waals surface area contributed by atoms with Crippen molar-refractivity contribution in [3.05, 3.63) is 24.8 Å².